The van der Waals surface area contributed by atoms with Crippen LogP contribution in [-0.4, -0.2) is 48.8 Å². The third-order valence-electron chi connectivity index (χ3n) is 4.68. The number of fused-ring (bicyclic) bond motifs is 1. The highest BCUT2D eigenvalue weighted by Gasteiger charge is 2.20. The summed E-state index contributed by atoms with van der Waals surface area (Å²) in [5, 5.41) is 4.41. The number of thiazole rings is 1. The Hall–Kier alpha value is -1.73. The molecule has 3 heterocycles. The fraction of sp³-hybridized carbons (Fsp3) is 0.476. The zero-order valence-electron chi connectivity index (χ0n) is 16.0. The minimum absolute atomic E-state index is 0.246. The maximum absolute atomic E-state index is 6.00. The molecule has 1 aromatic carbocycles. The van der Waals surface area contributed by atoms with Gasteiger partial charge in [-0.1, -0.05) is 26.0 Å². The Bertz CT molecular complexity index is 840. The van der Waals surface area contributed by atoms with Crippen LogP contribution < -0.4 is 5.32 Å². The van der Waals surface area contributed by atoms with E-state index in [1.54, 1.807) is 11.3 Å². The van der Waals surface area contributed by atoms with E-state index in [1.165, 1.54) is 4.70 Å². The Kier molecular flexibility index (Phi) is 5.88. The number of furan rings is 1. The average Bonchev–Trinajstić information content (AvgIpc) is 3.28. The molecule has 0 bridgehead atoms. The van der Waals surface area contributed by atoms with Crippen molar-refractivity contribution in [3.05, 3.63) is 42.2 Å². The minimum atomic E-state index is 0.246. The molecule has 2 aromatic heterocycles. The highest BCUT2D eigenvalue weighted by molar-refractivity contribution is 7.21. The third kappa shape index (κ3) is 4.76. The largest absolute Gasteiger partial charge is 0.457 e. The van der Waals surface area contributed by atoms with E-state index < -0.39 is 0 Å². The Morgan fingerprint density at radius 3 is 3.00 bits per heavy atom. The lowest BCUT2D eigenvalue weighted by molar-refractivity contribution is -0.0304. The molecular formula is C21H27N3O2S. The van der Waals surface area contributed by atoms with Gasteiger partial charge in [-0.05, 0) is 30.2 Å². The summed E-state index contributed by atoms with van der Waals surface area (Å²) in [4.78, 5) is 7.16. The first-order chi connectivity index (χ1) is 13.2. The summed E-state index contributed by atoms with van der Waals surface area (Å²) in [7, 11) is 0. The molecule has 1 N–H and O–H groups in total. The van der Waals surface area contributed by atoms with Crippen LogP contribution in [0.5, 0.6) is 0 Å². The second kappa shape index (κ2) is 8.52. The molecule has 1 fully saturated rings. The van der Waals surface area contributed by atoms with Gasteiger partial charge in [0.2, 0.25) is 0 Å². The molecule has 0 saturated carbocycles. The Morgan fingerprint density at radius 1 is 1.26 bits per heavy atom. The van der Waals surface area contributed by atoms with Crippen molar-refractivity contribution in [3.63, 3.8) is 0 Å². The topological polar surface area (TPSA) is 50.5 Å². The highest BCUT2D eigenvalue weighted by Crippen LogP contribution is 2.31. The van der Waals surface area contributed by atoms with Gasteiger partial charge in [-0.25, -0.2) is 4.98 Å². The standard InChI is InChI=1S/C21H27N3O2S/c1-15(2)13-24-9-10-25-17(14-24)12-22-11-16-7-8-19(26-16)21-23-18-5-3-4-6-20(18)27-21/h3-8,15,17,22H,9-14H2,1-2H3. The number of morpholine rings is 1. The Labute approximate surface area is 164 Å². The van der Waals surface area contributed by atoms with Gasteiger partial charge in [0.05, 0.1) is 29.5 Å². The van der Waals surface area contributed by atoms with E-state index in [9.17, 15) is 0 Å². The average molecular weight is 386 g/mol. The zero-order chi connectivity index (χ0) is 18.6. The molecule has 1 saturated heterocycles. The van der Waals surface area contributed by atoms with Crippen LogP contribution in [0.4, 0.5) is 0 Å². The molecule has 1 aliphatic heterocycles. The van der Waals surface area contributed by atoms with Gasteiger partial charge < -0.3 is 14.5 Å². The maximum Gasteiger partial charge on any atom is 0.163 e. The molecule has 1 atom stereocenters. The molecule has 6 heteroatoms. The second-order valence-corrected chi connectivity index (χ2v) is 8.56. The van der Waals surface area contributed by atoms with Crippen molar-refractivity contribution in [2.75, 3.05) is 32.8 Å². The van der Waals surface area contributed by atoms with Crippen LogP contribution in [0.2, 0.25) is 0 Å². The summed E-state index contributed by atoms with van der Waals surface area (Å²) in [5.74, 6) is 2.46. The first-order valence-corrected chi connectivity index (χ1v) is 10.5. The van der Waals surface area contributed by atoms with Crippen LogP contribution in [0.15, 0.2) is 40.8 Å². The quantitative estimate of drug-likeness (QED) is 0.666. The van der Waals surface area contributed by atoms with E-state index >= 15 is 0 Å². The number of nitrogens with one attached hydrogen (secondary N) is 1. The maximum atomic E-state index is 6.00. The summed E-state index contributed by atoms with van der Waals surface area (Å²) in [5.41, 5.74) is 1.02. The number of rotatable bonds is 7. The fourth-order valence-corrected chi connectivity index (χ4v) is 4.44. The number of benzene rings is 1. The van der Waals surface area contributed by atoms with Crippen LogP contribution in [0, 0.1) is 5.92 Å². The molecule has 0 radical (unpaired) electrons. The van der Waals surface area contributed by atoms with Gasteiger partial charge in [-0.2, -0.15) is 0 Å². The van der Waals surface area contributed by atoms with Crippen LogP contribution in [0.25, 0.3) is 21.0 Å². The van der Waals surface area contributed by atoms with Crippen LogP contribution in [-0.2, 0) is 11.3 Å². The molecule has 1 aliphatic rings. The minimum Gasteiger partial charge on any atom is -0.457 e. The van der Waals surface area contributed by atoms with E-state index in [1.807, 2.05) is 30.3 Å². The number of ether oxygens (including phenoxy) is 1. The molecule has 27 heavy (non-hydrogen) atoms. The van der Waals surface area contributed by atoms with Crippen molar-refractivity contribution in [1.29, 1.82) is 0 Å². The summed E-state index contributed by atoms with van der Waals surface area (Å²) >= 11 is 1.66. The molecule has 1 unspecified atom stereocenters. The smallest absolute Gasteiger partial charge is 0.163 e. The first kappa shape index (κ1) is 18.6. The predicted molar refractivity (Wildman–Crippen MR) is 110 cm³/mol. The lowest BCUT2D eigenvalue weighted by Crippen LogP contribution is -2.47. The second-order valence-electron chi connectivity index (χ2n) is 7.53. The van der Waals surface area contributed by atoms with Crippen molar-refractivity contribution < 1.29 is 9.15 Å². The van der Waals surface area contributed by atoms with E-state index in [2.05, 4.69) is 35.1 Å². The van der Waals surface area contributed by atoms with Crippen LogP contribution >= 0.6 is 11.3 Å². The molecular weight excluding hydrogens is 358 g/mol. The normalized spacial score (nSPS) is 18.6. The summed E-state index contributed by atoms with van der Waals surface area (Å²) in [6, 6.07) is 12.2. The monoisotopic (exact) mass is 385 g/mol. The lowest BCUT2D eigenvalue weighted by atomic mass is 10.2. The highest BCUT2D eigenvalue weighted by atomic mass is 32.1. The van der Waals surface area contributed by atoms with Gasteiger partial charge in [0.25, 0.3) is 0 Å². The number of para-hydroxylation sites is 1. The van der Waals surface area contributed by atoms with Gasteiger partial charge >= 0.3 is 0 Å². The van der Waals surface area contributed by atoms with Crippen molar-refractivity contribution in [1.82, 2.24) is 15.2 Å². The van der Waals surface area contributed by atoms with E-state index in [0.717, 1.165) is 54.8 Å². The molecule has 3 aromatic rings. The van der Waals surface area contributed by atoms with Crippen molar-refractivity contribution in [2.24, 2.45) is 5.92 Å². The van der Waals surface area contributed by atoms with Crippen LogP contribution in [0.3, 0.4) is 0 Å². The third-order valence-corrected chi connectivity index (χ3v) is 5.73. The summed E-state index contributed by atoms with van der Waals surface area (Å²) in [6.45, 7) is 10.1. The molecule has 0 aliphatic carbocycles. The molecule has 0 amide bonds. The molecule has 0 spiro atoms. The number of hydrogen-bond acceptors (Lipinski definition) is 6. The van der Waals surface area contributed by atoms with Gasteiger partial charge in [-0.15, -0.1) is 11.3 Å². The van der Waals surface area contributed by atoms with Gasteiger partial charge in [0.15, 0.2) is 10.8 Å². The first-order valence-electron chi connectivity index (χ1n) is 9.66. The summed E-state index contributed by atoms with van der Waals surface area (Å²) < 4.78 is 13.1. The van der Waals surface area contributed by atoms with Gasteiger partial charge in [-0.3, -0.25) is 4.90 Å². The van der Waals surface area contributed by atoms with Crippen LogP contribution in [0.1, 0.15) is 19.6 Å². The molecule has 5 nitrogen and oxygen atoms in total. The van der Waals surface area contributed by atoms with Crippen molar-refractivity contribution in [3.8, 4) is 10.8 Å². The number of nitrogens with zero attached hydrogens (tertiary/aromatic N) is 2. The summed E-state index contributed by atoms with van der Waals surface area (Å²) in [6.07, 6.45) is 0.246. The van der Waals surface area contributed by atoms with E-state index in [-0.39, 0.29) is 6.10 Å². The van der Waals surface area contributed by atoms with Gasteiger partial charge in [0.1, 0.15) is 5.76 Å². The van der Waals surface area contributed by atoms with Gasteiger partial charge in [0, 0.05) is 26.2 Å². The Morgan fingerprint density at radius 2 is 2.15 bits per heavy atom. The lowest BCUT2D eigenvalue weighted by Gasteiger charge is -2.34. The van der Waals surface area contributed by atoms with E-state index in [4.69, 9.17) is 9.15 Å². The SMILES string of the molecule is CC(C)CN1CCOC(CNCc2ccc(-c3nc4ccccc4s3)o2)C1. The number of aromatic nitrogens is 1. The number of hydrogen-bond donors (Lipinski definition) is 1. The molecule has 4 rings (SSSR count). The molecule has 144 valence electrons. The zero-order valence-corrected chi connectivity index (χ0v) is 16.8. The van der Waals surface area contributed by atoms with Crippen molar-refractivity contribution >= 4 is 21.6 Å². The van der Waals surface area contributed by atoms with E-state index in [0.29, 0.717) is 12.5 Å². The van der Waals surface area contributed by atoms with Crippen molar-refractivity contribution in [2.45, 2.75) is 26.5 Å². The predicted octanol–water partition coefficient (Wildman–Crippen LogP) is 4.00. The fourth-order valence-electron chi connectivity index (χ4n) is 3.51. The Balaban J connectivity index is 1.29.